The minimum atomic E-state index is 1.02. The topological polar surface area (TPSA) is 6.48 Å². The molecule has 2 nitrogen and oxygen atoms in total. The van der Waals surface area contributed by atoms with Gasteiger partial charge >= 0.3 is 0 Å². The Hall–Kier alpha value is -7.94. The predicted molar refractivity (Wildman–Crippen MR) is 283 cm³/mol. The standard InChI is InChI=1S/C64H52N2/c1-45-23-35-55(36-24-45)65(53-19-11-5-12-20-53)57-39-41-59-61(43-57)63(51-31-27-49(28-32-51)47-15-7-3-8-16-47)60-42-40-58(66(54-21-13-6-14-22-54)56-37-25-46(2)26-38-56)44-62(60)64(59)52-33-29-50(30-34-52)48-17-9-4-10-18-48/h3-5,7-9,11-13,15-17,19-44H,6,10,14,18H2,1-2H3. The molecule has 0 unspecified atom stereocenters. The summed E-state index contributed by atoms with van der Waals surface area (Å²) in [5, 5.41) is 4.86. The molecular formula is C64H52N2. The number of fused-ring (bicyclic) bond motifs is 2. The van der Waals surface area contributed by atoms with E-state index in [-0.39, 0.29) is 0 Å². The van der Waals surface area contributed by atoms with Crippen molar-refractivity contribution in [2.24, 2.45) is 0 Å². The smallest absolute Gasteiger partial charge is 0.0468 e. The molecule has 0 saturated carbocycles. The molecule has 0 amide bonds. The summed E-state index contributed by atoms with van der Waals surface area (Å²) < 4.78 is 0. The normalized spacial score (nSPS) is 13.4. The Morgan fingerprint density at radius 3 is 1.39 bits per heavy atom. The van der Waals surface area contributed by atoms with E-state index in [2.05, 4.69) is 254 Å². The fraction of sp³-hybridized carbons (Fsp3) is 0.0938. The molecule has 0 bridgehead atoms. The van der Waals surface area contributed by atoms with E-state index in [1.165, 1.54) is 82.9 Å². The number of anilines is 5. The summed E-state index contributed by atoms with van der Waals surface area (Å²) in [5.41, 5.74) is 19.2. The van der Waals surface area contributed by atoms with E-state index in [9.17, 15) is 0 Å². The van der Waals surface area contributed by atoms with Crippen LogP contribution in [0.15, 0.2) is 236 Å². The van der Waals surface area contributed by atoms with Crippen molar-refractivity contribution in [1.82, 2.24) is 0 Å². The van der Waals surface area contributed by atoms with Crippen LogP contribution in [0.25, 0.3) is 60.5 Å². The average Bonchev–Trinajstić information content (AvgIpc) is 3.38. The number of aryl methyl sites for hydroxylation is 2. The highest BCUT2D eigenvalue weighted by atomic mass is 15.1. The maximum Gasteiger partial charge on any atom is 0.0468 e. The quantitative estimate of drug-likeness (QED) is 0.127. The lowest BCUT2D eigenvalue weighted by molar-refractivity contribution is 0.997. The van der Waals surface area contributed by atoms with Gasteiger partial charge in [0.25, 0.3) is 0 Å². The number of nitrogens with zero attached hydrogens (tertiary/aromatic N) is 2. The van der Waals surface area contributed by atoms with Crippen LogP contribution >= 0.6 is 0 Å². The molecular weight excluding hydrogens is 797 g/mol. The van der Waals surface area contributed by atoms with Gasteiger partial charge in [0.2, 0.25) is 0 Å². The Labute approximate surface area is 389 Å². The zero-order valence-electron chi connectivity index (χ0n) is 37.7. The van der Waals surface area contributed by atoms with Crippen LogP contribution in [0.4, 0.5) is 28.4 Å². The van der Waals surface area contributed by atoms with Crippen molar-refractivity contribution >= 4 is 55.6 Å². The first-order chi connectivity index (χ1) is 32.6. The minimum Gasteiger partial charge on any atom is -0.311 e. The maximum atomic E-state index is 2.45. The molecule has 0 heterocycles. The van der Waals surface area contributed by atoms with Crippen molar-refractivity contribution in [3.63, 3.8) is 0 Å². The average molecular weight is 849 g/mol. The fourth-order valence-corrected chi connectivity index (χ4v) is 9.88. The highest BCUT2D eigenvalue weighted by molar-refractivity contribution is 6.22. The molecule has 2 aliphatic rings. The summed E-state index contributed by atoms with van der Waals surface area (Å²) in [4.78, 5) is 4.82. The molecule has 0 saturated heterocycles. The van der Waals surface area contributed by atoms with Crippen LogP contribution in [0.3, 0.4) is 0 Å². The lowest BCUT2D eigenvalue weighted by Crippen LogP contribution is -2.16. The molecule has 0 fully saturated rings. The fourth-order valence-electron chi connectivity index (χ4n) is 9.88. The second kappa shape index (κ2) is 17.9. The molecule has 0 spiro atoms. The van der Waals surface area contributed by atoms with E-state index in [0.29, 0.717) is 0 Å². The van der Waals surface area contributed by atoms with Crippen LogP contribution < -0.4 is 9.80 Å². The van der Waals surface area contributed by atoms with Crippen LogP contribution in [0, 0.1) is 13.8 Å². The van der Waals surface area contributed by atoms with Gasteiger partial charge in [-0.25, -0.2) is 0 Å². The summed E-state index contributed by atoms with van der Waals surface area (Å²) in [6, 6.07) is 72.2. The summed E-state index contributed by atoms with van der Waals surface area (Å²) >= 11 is 0. The molecule has 0 aliphatic heterocycles. The molecule has 0 atom stereocenters. The Morgan fingerprint density at radius 2 is 0.848 bits per heavy atom. The van der Waals surface area contributed by atoms with Gasteiger partial charge in [-0.1, -0.05) is 175 Å². The van der Waals surface area contributed by atoms with E-state index >= 15 is 0 Å². The SMILES string of the molecule is Cc1ccc(N(C2=CCCC=C2)c2ccc3c(-c4ccc(-c5ccccc5)cc4)c4cc(N(c5ccccc5)c5ccc(C)cc5)ccc4c(-c4ccc(C5=CC=CCC5)cc4)c3c2)cc1. The van der Waals surface area contributed by atoms with Crippen molar-refractivity contribution in [1.29, 1.82) is 0 Å². The van der Waals surface area contributed by atoms with Crippen LogP contribution in [-0.4, -0.2) is 0 Å². The van der Waals surface area contributed by atoms with Crippen LogP contribution in [-0.2, 0) is 0 Å². The molecule has 318 valence electrons. The number of allylic oxidation sites excluding steroid dienone is 7. The Bertz CT molecular complexity index is 3320. The lowest BCUT2D eigenvalue weighted by Gasteiger charge is -2.29. The third kappa shape index (κ3) is 7.97. The van der Waals surface area contributed by atoms with Crippen molar-refractivity contribution in [2.45, 2.75) is 39.5 Å². The highest BCUT2D eigenvalue weighted by Gasteiger charge is 2.23. The van der Waals surface area contributed by atoms with E-state index in [4.69, 9.17) is 0 Å². The second-order valence-electron chi connectivity index (χ2n) is 17.7. The first-order valence-corrected chi connectivity index (χ1v) is 23.4. The Balaban J connectivity index is 1.21. The molecule has 0 radical (unpaired) electrons. The number of rotatable bonds is 10. The number of hydrogen-bond acceptors (Lipinski definition) is 2. The van der Waals surface area contributed by atoms with Gasteiger partial charge in [-0.3, -0.25) is 0 Å². The molecule has 11 rings (SSSR count). The van der Waals surface area contributed by atoms with E-state index in [0.717, 1.165) is 54.1 Å². The molecule has 0 N–H and O–H groups in total. The number of para-hydroxylation sites is 1. The van der Waals surface area contributed by atoms with Crippen LogP contribution in [0.5, 0.6) is 0 Å². The highest BCUT2D eigenvalue weighted by Crippen LogP contribution is 2.48. The number of hydrogen-bond donors (Lipinski definition) is 0. The third-order valence-electron chi connectivity index (χ3n) is 13.3. The van der Waals surface area contributed by atoms with Crippen molar-refractivity contribution in [3.05, 3.63) is 253 Å². The molecule has 9 aromatic carbocycles. The van der Waals surface area contributed by atoms with Crippen LogP contribution in [0.1, 0.15) is 42.4 Å². The van der Waals surface area contributed by atoms with E-state index in [1.807, 2.05) is 0 Å². The largest absolute Gasteiger partial charge is 0.311 e. The summed E-state index contributed by atoms with van der Waals surface area (Å²) in [5.74, 6) is 0. The van der Waals surface area contributed by atoms with Crippen LogP contribution in [0.2, 0.25) is 0 Å². The zero-order chi connectivity index (χ0) is 44.4. The van der Waals surface area contributed by atoms with Crippen molar-refractivity contribution in [3.8, 4) is 33.4 Å². The maximum absolute atomic E-state index is 2.45. The van der Waals surface area contributed by atoms with Gasteiger partial charge in [0.1, 0.15) is 0 Å². The van der Waals surface area contributed by atoms with Gasteiger partial charge in [-0.15, -0.1) is 0 Å². The van der Waals surface area contributed by atoms with Gasteiger partial charge in [0, 0.05) is 34.1 Å². The molecule has 2 heteroatoms. The molecule has 0 aromatic heterocycles. The van der Waals surface area contributed by atoms with Crippen molar-refractivity contribution < 1.29 is 0 Å². The molecule has 66 heavy (non-hydrogen) atoms. The van der Waals surface area contributed by atoms with E-state index in [1.54, 1.807) is 0 Å². The summed E-state index contributed by atoms with van der Waals surface area (Å²) in [6.45, 7) is 4.31. The van der Waals surface area contributed by atoms with Gasteiger partial charge < -0.3 is 9.80 Å². The van der Waals surface area contributed by atoms with Crippen molar-refractivity contribution in [2.75, 3.05) is 9.80 Å². The molecule has 2 aliphatic carbocycles. The van der Waals surface area contributed by atoms with Gasteiger partial charge in [0.15, 0.2) is 0 Å². The first kappa shape index (κ1) is 40.8. The predicted octanol–water partition coefficient (Wildman–Crippen LogP) is 18.2. The zero-order valence-corrected chi connectivity index (χ0v) is 37.7. The van der Waals surface area contributed by atoms with Gasteiger partial charge in [-0.2, -0.15) is 0 Å². The van der Waals surface area contributed by atoms with E-state index < -0.39 is 0 Å². The Morgan fingerprint density at radius 1 is 0.364 bits per heavy atom. The minimum absolute atomic E-state index is 1.02. The first-order valence-electron chi connectivity index (χ1n) is 23.4. The van der Waals surface area contributed by atoms with Gasteiger partial charge in [-0.05, 0) is 172 Å². The van der Waals surface area contributed by atoms with Gasteiger partial charge in [0.05, 0.1) is 0 Å². The summed E-state index contributed by atoms with van der Waals surface area (Å²) in [7, 11) is 0. The monoisotopic (exact) mass is 848 g/mol. The molecule has 9 aromatic rings. The summed E-state index contributed by atoms with van der Waals surface area (Å²) in [6.07, 6.45) is 17.9. The third-order valence-corrected chi connectivity index (χ3v) is 13.3. The number of benzene rings is 9. The Kier molecular flexibility index (Phi) is 11.1. The lowest BCUT2D eigenvalue weighted by atomic mass is 9.84. The second-order valence-corrected chi connectivity index (χ2v) is 17.7.